The Balaban J connectivity index is 2.01. The third-order valence-electron chi connectivity index (χ3n) is 3.89. The van der Waals surface area contributed by atoms with Crippen LogP contribution in [0.1, 0.15) is 12.5 Å². The number of hydrogen-bond donors (Lipinski definition) is 0. The molecule has 2 aromatic carbocycles. The monoisotopic (exact) mass is 402 g/mol. The zero-order chi connectivity index (χ0) is 19.3. The first-order chi connectivity index (χ1) is 13.0. The van der Waals surface area contributed by atoms with E-state index in [4.69, 9.17) is 16.3 Å². The lowest BCUT2D eigenvalue weighted by atomic mass is 10.2. The van der Waals surface area contributed by atoms with Crippen LogP contribution in [0, 0.1) is 0 Å². The Kier molecular flexibility index (Phi) is 5.98. The maximum absolute atomic E-state index is 13.3. The average Bonchev–Trinajstić information content (AvgIpc) is 2.68. The quantitative estimate of drug-likeness (QED) is 0.582. The van der Waals surface area contributed by atoms with Gasteiger partial charge in [-0.3, -0.25) is 9.29 Å². The molecule has 140 valence electrons. The maximum atomic E-state index is 13.3. The number of benzene rings is 2. The van der Waals surface area contributed by atoms with Crippen LogP contribution in [0.25, 0.3) is 0 Å². The first kappa shape index (κ1) is 19.2. The highest BCUT2D eigenvalue weighted by Gasteiger charge is 2.25. The summed E-state index contributed by atoms with van der Waals surface area (Å²) in [7, 11) is -3.79. The Morgan fingerprint density at radius 2 is 1.74 bits per heavy atom. The fourth-order valence-corrected chi connectivity index (χ4v) is 4.16. The van der Waals surface area contributed by atoms with Gasteiger partial charge in [0.25, 0.3) is 10.0 Å². The SMILES string of the molecule is CCOc1ccc(S(=O)(=O)N(Cc2cccnc2)c2ccc(Cl)cc2)cc1. The van der Waals surface area contributed by atoms with Crippen molar-refractivity contribution in [3.63, 3.8) is 0 Å². The van der Waals surface area contributed by atoms with E-state index in [2.05, 4.69) is 4.98 Å². The first-order valence-corrected chi connectivity index (χ1v) is 10.2. The van der Waals surface area contributed by atoms with Gasteiger partial charge in [-0.05, 0) is 67.1 Å². The Bertz CT molecular complexity index is 976. The van der Waals surface area contributed by atoms with Crippen LogP contribution in [0.5, 0.6) is 5.75 Å². The molecule has 0 spiro atoms. The smallest absolute Gasteiger partial charge is 0.264 e. The zero-order valence-corrected chi connectivity index (χ0v) is 16.3. The van der Waals surface area contributed by atoms with Crippen LogP contribution in [0.4, 0.5) is 5.69 Å². The molecular formula is C20H19ClN2O3S. The molecular weight excluding hydrogens is 384 g/mol. The van der Waals surface area contributed by atoms with Crippen LogP contribution in [-0.2, 0) is 16.6 Å². The summed E-state index contributed by atoms with van der Waals surface area (Å²) in [6.45, 7) is 2.55. The fraction of sp³-hybridized carbons (Fsp3) is 0.150. The molecule has 3 rings (SSSR count). The van der Waals surface area contributed by atoms with Crippen molar-refractivity contribution in [1.29, 1.82) is 0 Å². The molecule has 0 aliphatic rings. The summed E-state index contributed by atoms with van der Waals surface area (Å²) in [5, 5.41) is 0.540. The number of anilines is 1. The summed E-state index contributed by atoms with van der Waals surface area (Å²) < 4.78 is 33.4. The number of sulfonamides is 1. The molecule has 0 bridgehead atoms. The molecule has 0 aliphatic heterocycles. The van der Waals surface area contributed by atoms with E-state index in [0.717, 1.165) is 5.56 Å². The molecule has 5 nitrogen and oxygen atoms in total. The highest BCUT2D eigenvalue weighted by Crippen LogP contribution is 2.28. The van der Waals surface area contributed by atoms with E-state index in [1.54, 1.807) is 67.0 Å². The molecule has 0 aliphatic carbocycles. The van der Waals surface area contributed by atoms with Crippen LogP contribution in [-0.4, -0.2) is 20.0 Å². The molecule has 0 saturated heterocycles. The normalized spacial score (nSPS) is 11.2. The van der Waals surface area contributed by atoms with Gasteiger partial charge in [-0.1, -0.05) is 17.7 Å². The van der Waals surface area contributed by atoms with Crippen molar-refractivity contribution >= 4 is 27.3 Å². The number of hydrogen-bond acceptors (Lipinski definition) is 4. The molecule has 0 radical (unpaired) electrons. The van der Waals surface area contributed by atoms with Gasteiger partial charge >= 0.3 is 0 Å². The molecule has 0 saturated carbocycles. The van der Waals surface area contributed by atoms with E-state index in [1.165, 1.54) is 4.31 Å². The molecule has 0 unspecified atom stereocenters. The third kappa shape index (κ3) is 4.59. The number of aromatic nitrogens is 1. The van der Waals surface area contributed by atoms with Crippen LogP contribution in [0.2, 0.25) is 5.02 Å². The number of nitrogens with zero attached hydrogens (tertiary/aromatic N) is 2. The largest absolute Gasteiger partial charge is 0.494 e. The summed E-state index contributed by atoms with van der Waals surface area (Å²) in [5.41, 5.74) is 1.30. The van der Waals surface area contributed by atoms with E-state index in [9.17, 15) is 8.42 Å². The fourth-order valence-electron chi connectivity index (χ4n) is 2.58. The molecule has 0 fully saturated rings. The summed E-state index contributed by atoms with van der Waals surface area (Å²) in [6, 6.07) is 16.7. The Morgan fingerprint density at radius 3 is 2.33 bits per heavy atom. The summed E-state index contributed by atoms with van der Waals surface area (Å²) in [4.78, 5) is 4.26. The molecule has 3 aromatic rings. The summed E-state index contributed by atoms with van der Waals surface area (Å²) >= 11 is 5.96. The van der Waals surface area contributed by atoms with Crippen LogP contribution in [0.3, 0.4) is 0 Å². The van der Waals surface area contributed by atoms with E-state index >= 15 is 0 Å². The predicted octanol–water partition coefficient (Wildman–Crippen LogP) is 4.53. The van der Waals surface area contributed by atoms with E-state index in [-0.39, 0.29) is 11.4 Å². The maximum Gasteiger partial charge on any atom is 0.264 e. The van der Waals surface area contributed by atoms with Gasteiger partial charge in [0, 0.05) is 17.4 Å². The van der Waals surface area contributed by atoms with Gasteiger partial charge in [0.05, 0.1) is 23.7 Å². The molecule has 1 heterocycles. The van der Waals surface area contributed by atoms with E-state index < -0.39 is 10.0 Å². The van der Waals surface area contributed by atoms with Gasteiger partial charge in [0.1, 0.15) is 5.75 Å². The van der Waals surface area contributed by atoms with Crippen LogP contribution in [0.15, 0.2) is 78.0 Å². The number of pyridine rings is 1. The summed E-state index contributed by atoms with van der Waals surface area (Å²) in [6.07, 6.45) is 3.30. The Morgan fingerprint density at radius 1 is 1.04 bits per heavy atom. The van der Waals surface area contributed by atoms with Crippen molar-refractivity contribution in [3.05, 3.63) is 83.6 Å². The van der Waals surface area contributed by atoms with Gasteiger partial charge < -0.3 is 4.74 Å². The van der Waals surface area contributed by atoms with E-state index in [0.29, 0.717) is 23.1 Å². The molecule has 0 N–H and O–H groups in total. The van der Waals surface area contributed by atoms with E-state index in [1.807, 2.05) is 13.0 Å². The second kappa shape index (κ2) is 8.41. The van der Waals surface area contributed by atoms with Gasteiger partial charge in [0.2, 0.25) is 0 Å². The minimum atomic E-state index is -3.79. The highest BCUT2D eigenvalue weighted by molar-refractivity contribution is 7.92. The van der Waals surface area contributed by atoms with Gasteiger partial charge in [-0.25, -0.2) is 8.42 Å². The lowest BCUT2D eigenvalue weighted by molar-refractivity contribution is 0.340. The third-order valence-corrected chi connectivity index (χ3v) is 5.93. The number of rotatable bonds is 7. The molecule has 0 atom stereocenters. The second-order valence-electron chi connectivity index (χ2n) is 5.75. The molecule has 0 amide bonds. The second-order valence-corrected chi connectivity index (χ2v) is 8.05. The lowest BCUT2D eigenvalue weighted by Gasteiger charge is -2.24. The van der Waals surface area contributed by atoms with Crippen molar-refractivity contribution < 1.29 is 13.2 Å². The van der Waals surface area contributed by atoms with Crippen molar-refractivity contribution in [2.75, 3.05) is 10.9 Å². The summed E-state index contributed by atoms with van der Waals surface area (Å²) in [5.74, 6) is 0.627. The zero-order valence-electron chi connectivity index (χ0n) is 14.7. The van der Waals surface area contributed by atoms with Crippen molar-refractivity contribution in [2.45, 2.75) is 18.4 Å². The van der Waals surface area contributed by atoms with Crippen molar-refractivity contribution in [1.82, 2.24) is 4.98 Å². The predicted molar refractivity (Wildman–Crippen MR) is 107 cm³/mol. The first-order valence-electron chi connectivity index (χ1n) is 8.41. The standard InChI is InChI=1S/C20H19ClN2O3S/c1-2-26-19-9-11-20(12-10-19)27(24,25)23(15-16-4-3-13-22-14-16)18-7-5-17(21)6-8-18/h3-14H,2,15H2,1H3. The highest BCUT2D eigenvalue weighted by atomic mass is 35.5. The Labute approximate surface area is 164 Å². The Hall–Kier alpha value is -2.57. The van der Waals surface area contributed by atoms with Crippen LogP contribution < -0.4 is 9.04 Å². The van der Waals surface area contributed by atoms with Gasteiger partial charge in [-0.2, -0.15) is 0 Å². The number of halogens is 1. The minimum absolute atomic E-state index is 0.158. The molecule has 27 heavy (non-hydrogen) atoms. The van der Waals surface area contributed by atoms with Crippen molar-refractivity contribution in [3.8, 4) is 5.75 Å². The van der Waals surface area contributed by atoms with Crippen molar-refractivity contribution in [2.24, 2.45) is 0 Å². The van der Waals surface area contributed by atoms with Gasteiger partial charge in [-0.15, -0.1) is 0 Å². The van der Waals surface area contributed by atoms with Crippen LogP contribution >= 0.6 is 11.6 Å². The van der Waals surface area contributed by atoms with Gasteiger partial charge in [0.15, 0.2) is 0 Å². The topological polar surface area (TPSA) is 59.5 Å². The lowest BCUT2D eigenvalue weighted by Crippen LogP contribution is -2.30. The minimum Gasteiger partial charge on any atom is -0.494 e. The molecule has 1 aromatic heterocycles. The number of ether oxygens (including phenoxy) is 1. The average molecular weight is 403 g/mol. The molecule has 7 heteroatoms.